The Morgan fingerprint density at radius 2 is 2.42 bits per heavy atom. The van der Waals surface area contributed by atoms with E-state index in [0.29, 0.717) is 17.7 Å². The van der Waals surface area contributed by atoms with E-state index in [2.05, 4.69) is 20.0 Å². The molecule has 2 heterocycles. The van der Waals surface area contributed by atoms with Gasteiger partial charge < -0.3 is 10.5 Å². The zero-order valence-corrected chi connectivity index (χ0v) is 6.43. The van der Waals surface area contributed by atoms with Crippen molar-refractivity contribution in [1.29, 1.82) is 0 Å². The molecule has 62 valence electrons. The van der Waals surface area contributed by atoms with Crippen LogP contribution in [-0.2, 0) is 4.74 Å². The number of fused-ring (bicyclic) bond motifs is 1. The molecule has 6 heteroatoms. The average molecular weight is 165 g/mol. The maximum Gasteiger partial charge on any atom is 0.314 e. The van der Waals surface area contributed by atoms with Gasteiger partial charge in [-0.15, -0.1) is 0 Å². The van der Waals surface area contributed by atoms with Crippen molar-refractivity contribution in [3.05, 3.63) is 0 Å². The second-order valence-electron chi connectivity index (χ2n) is 2.29. The molecule has 0 saturated heterocycles. The molecule has 2 N–H and O–H groups in total. The number of amidine groups is 3. The normalized spacial score (nSPS) is 25.8. The van der Waals surface area contributed by atoms with Crippen LogP contribution < -0.4 is 5.73 Å². The second kappa shape index (κ2) is 2.40. The molecule has 1 atom stereocenters. The second-order valence-corrected chi connectivity index (χ2v) is 2.29. The highest BCUT2D eigenvalue weighted by Gasteiger charge is 2.27. The van der Waals surface area contributed by atoms with Gasteiger partial charge in [-0.2, -0.15) is 4.99 Å². The molecule has 0 unspecified atom stereocenters. The number of nitrogens with two attached hydrogens (primary N) is 1. The maximum atomic E-state index is 5.55. The molecule has 0 bridgehead atoms. The van der Waals surface area contributed by atoms with Crippen LogP contribution in [0.3, 0.4) is 0 Å². The Bertz CT molecular complexity index is 327. The van der Waals surface area contributed by atoms with Crippen LogP contribution in [0.4, 0.5) is 0 Å². The largest absolute Gasteiger partial charge is 0.467 e. The van der Waals surface area contributed by atoms with E-state index in [1.165, 1.54) is 13.4 Å². The van der Waals surface area contributed by atoms with Gasteiger partial charge in [0.2, 0.25) is 0 Å². The summed E-state index contributed by atoms with van der Waals surface area (Å²) in [5.74, 6) is 0.940. The van der Waals surface area contributed by atoms with Gasteiger partial charge >= 0.3 is 6.02 Å². The fourth-order valence-electron chi connectivity index (χ4n) is 0.978. The van der Waals surface area contributed by atoms with E-state index in [1.54, 1.807) is 0 Å². The summed E-state index contributed by atoms with van der Waals surface area (Å²) in [4.78, 5) is 15.7. The number of ether oxygens (including phenoxy) is 1. The highest BCUT2D eigenvalue weighted by molar-refractivity contribution is 6.20. The molecule has 0 aliphatic carbocycles. The molecule has 0 spiro atoms. The maximum absolute atomic E-state index is 5.55. The van der Waals surface area contributed by atoms with Crippen LogP contribution in [0, 0.1) is 0 Å². The van der Waals surface area contributed by atoms with Crippen molar-refractivity contribution >= 4 is 24.0 Å². The molecule has 0 aromatic rings. The lowest BCUT2D eigenvalue weighted by atomic mass is 10.2. The first-order valence-corrected chi connectivity index (χ1v) is 3.37. The van der Waals surface area contributed by atoms with Gasteiger partial charge in [-0.25, -0.2) is 15.0 Å². The van der Waals surface area contributed by atoms with Gasteiger partial charge in [-0.1, -0.05) is 0 Å². The fourth-order valence-corrected chi connectivity index (χ4v) is 0.978. The SMILES string of the molecule is COC1=N[C@H]2C(N)=NC=NC2=N1. The summed E-state index contributed by atoms with van der Waals surface area (Å²) in [5.41, 5.74) is 5.55. The van der Waals surface area contributed by atoms with Crippen LogP contribution in [0.25, 0.3) is 0 Å². The Kier molecular flexibility index (Phi) is 1.39. The number of rotatable bonds is 0. The third-order valence-corrected chi connectivity index (χ3v) is 1.55. The Hall–Kier alpha value is -1.72. The topological polar surface area (TPSA) is 84.7 Å². The number of hydrogen-bond acceptors (Lipinski definition) is 6. The molecule has 0 amide bonds. The molecule has 0 fully saturated rings. The number of hydrogen-bond donors (Lipinski definition) is 1. The number of nitrogens with zero attached hydrogens (tertiary/aromatic N) is 4. The number of aliphatic imine (C=N–C) groups is 4. The van der Waals surface area contributed by atoms with Gasteiger partial charge in [-0.3, -0.25) is 0 Å². The van der Waals surface area contributed by atoms with Crippen molar-refractivity contribution in [2.24, 2.45) is 25.7 Å². The minimum absolute atomic E-state index is 0.298. The van der Waals surface area contributed by atoms with Gasteiger partial charge in [0, 0.05) is 0 Å². The lowest BCUT2D eigenvalue weighted by Gasteiger charge is -2.07. The van der Waals surface area contributed by atoms with E-state index in [4.69, 9.17) is 10.5 Å². The smallest absolute Gasteiger partial charge is 0.314 e. The molecule has 2 rings (SSSR count). The van der Waals surface area contributed by atoms with E-state index in [0.717, 1.165) is 0 Å². The summed E-state index contributed by atoms with van der Waals surface area (Å²) < 4.78 is 4.83. The zero-order chi connectivity index (χ0) is 8.55. The highest BCUT2D eigenvalue weighted by Crippen LogP contribution is 2.10. The van der Waals surface area contributed by atoms with Crippen LogP contribution >= 0.6 is 0 Å². The predicted octanol–water partition coefficient (Wildman–Crippen LogP) is -0.831. The monoisotopic (exact) mass is 165 g/mol. The highest BCUT2D eigenvalue weighted by atomic mass is 16.5. The van der Waals surface area contributed by atoms with Crippen molar-refractivity contribution in [3.63, 3.8) is 0 Å². The molecule has 0 radical (unpaired) electrons. The first-order chi connectivity index (χ1) is 5.81. The Balaban J connectivity index is 2.35. The summed E-state index contributed by atoms with van der Waals surface area (Å²) in [5, 5.41) is 0. The predicted molar refractivity (Wildman–Crippen MR) is 45.8 cm³/mol. The molecule has 0 aromatic carbocycles. The van der Waals surface area contributed by atoms with E-state index in [-0.39, 0.29) is 6.04 Å². The molecule has 2 aliphatic heterocycles. The standard InChI is InChI=1S/C6H7N5O/c1-12-6-10-3-4(7)8-2-9-5(3)11-6/h2-3H,1H3,(H2,7,8,9,10,11)/t3-/m0/s1. The average Bonchev–Trinajstić information content (AvgIpc) is 2.49. The molecule has 0 aromatic heterocycles. The molecule has 12 heavy (non-hydrogen) atoms. The van der Waals surface area contributed by atoms with Crippen LogP contribution in [0.1, 0.15) is 0 Å². The lowest BCUT2D eigenvalue weighted by Crippen LogP contribution is -2.34. The molecular weight excluding hydrogens is 158 g/mol. The minimum atomic E-state index is -0.343. The third kappa shape index (κ3) is 0.884. The summed E-state index contributed by atoms with van der Waals surface area (Å²) in [7, 11) is 1.50. The Morgan fingerprint density at radius 1 is 1.58 bits per heavy atom. The first kappa shape index (κ1) is 6.96. The fraction of sp³-hybridized carbons (Fsp3) is 0.333. The summed E-state index contributed by atoms with van der Waals surface area (Å²) in [6.07, 6.45) is 1.36. The van der Waals surface area contributed by atoms with Crippen molar-refractivity contribution in [1.82, 2.24) is 0 Å². The van der Waals surface area contributed by atoms with Crippen LogP contribution in [0.15, 0.2) is 20.0 Å². The summed E-state index contributed by atoms with van der Waals surface area (Å²) >= 11 is 0. The van der Waals surface area contributed by atoms with Gasteiger partial charge in [0.05, 0.1) is 7.11 Å². The van der Waals surface area contributed by atoms with E-state index in [1.807, 2.05) is 0 Å². The minimum Gasteiger partial charge on any atom is -0.467 e. The van der Waals surface area contributed by atoms with Crippen molar-refractivity contribution in [3.8, 4) is 0 Å². The number of methoxy groups -OCH3 is 1. The Morgan fingerprint density at radius 3 is 3.08 bits per heavy atom. The summed E-state index contributed by atoms with van der Waals surface area (Å²) in [6.45, 7) is 0. The molecule has 6 nitrogen and oxygen atoms in total. The van der Waals surface area contributed by atoms with Crippen molar-refractivity contribution in [2.75, 3.05) is 7.11 Å². The van der Waals surface area contributed by atoms with Crippen LogP contribution in [0.5, 0.6) is 0 Å². The quantitative estimate of drug-likeness (QED) is 0.508. The van der Waals surface area contributed by atoms with Crippen molar-refractivity contribution < 1.29 is 4.74 Å². The van der Waals surface area contributed by atoms with Gasteiger partial charge in [0.1, 0.15) is 12.2 Å². The van der Waals surface area contributed by atoms with E-state index < -0.39 is 0 Å². The van der Waals surface area contributed by atoms with E-state index >= 15 is 0 Å². The Labute approximate surface area is 68.6 Å². The van der Waals surface area contributed by atoms with Crippen LogP contribution in [-0.4, -0.2) is 37.2 Å². The first-order valence-electron chi connectivity index (χ1n) is 3.37. The van der Waals surface area contributed by atoms with Crippen molar-refractivity contribution in [2.45, 2.75) is 6.04 Å². The van der Waals surface area contributed by atoms with Gasteiger partial charge in [0.25, 0.3) is 0 Å². The van der Waals surface area contributed by atoms with Crippen LogP contribution in [0.2, 0.25) is 0 Å². The van der Waals surface area contributed by atoms with Gasteiger partial charge in [0.15, 0.2) is 11.9 Å². The molecular formula is C6H7N5O. The van der Waals surface area contributed by atoms with E-state index in [9.17, 15) is 0 Å². The molecule has 0 saturated carbocycles. The zero-order valence-electron chi connectivity index (χ0n) is 6.43. The summed E-state index contributed by atoms with van der Waals surface area (Å²) in [6, 6.07) is -0.0443. The third-order valence-electron chi connectivity index (χ3n) is 1.55. The lowest BCUT2D eigenvalue weighted by molar-refractivity contribution is 0.397. The molecule has 2 aliphatic rings. The van der Waals surface area contributed by atoms with Gasteiger partial charge in [-0.05, 0) is 0 Å².